The maximum absolute atomic E-state index is 12.3. The normalized spacial score (nSPS) is 16.5. The third-order valence-corrected chi connectivity index (χ3v) is 4.30. The highest BCUT2D eigenvalue weighted by molar-refractivity contribution is 8.26. The number of nitro groups is 1. The van der Waals surface area contributed by atoms with Gasteiger partial charge >= 0.3 is 0 Å². The molecule has 0 unspecified atom stereocenters. The predicted molar refractivity (Wildman–Crippen MR) is 94.4 cm³/mol. The van der Waals surface area contributed by atoms with Crippen molar-refractivity contribution in [2.24, 2.45) is 5.10 Å². The molecule has 2 aromatic rings. The summed E-state index contributed by atoms with van der Waals surface area (Å²) in [5.74, 6) is 0.203. The van der Waals surface area contributed by atoms with Crippen molar-refractivity contribution in [3.8, 4) is 0 Å². The van der Waals surface area contributed by atoms with Gasteiger partial charge in [-0.05, 0) is 42.0 Å². The lowest BCUT2D eigenvalue weighted by molar-refractivity contribution is -0.384. The molecule has 0 atom stereocenters. The van der Waals surface area contributed by atoms with Gasteiger partial charge in [0.15, 0.2) is 4.32 Å². The zero-order valence-electron chi connectivity index (χ0n) is 12.0. The van der Waals surface area contributed by atoms with Crippen LogP contribution in [0.25, 0.3) is 6.08 Å². The first-order valence-electron chi connectivity index (χ1n) is 6.64. The highest BCUT2D eigenvalue weighted by Gasteiger charge is 2.32. The van der Waals surface area contributed by atoms with E-state index in [9.17, 15) is 14.9 Å². The number of hydrazone groups is 1. The fraction of sp³-hybridized carbons (Fsp3) is 0. The molecule has 1 aromatic heterocycles. The summed E-state index contributed by atoms with van der Waals surface area (Å²) in [5.41, 5.74) is 0.601. The smallest absolute Gasteiger partial charge is 0.286 e. The number of hydrogen-bond donors (Lipinski definition) is 0. The Morgan fingerprint density at radius 2 is 2.04 bits per heavy atom. The van der Waals surface area contributed by atoms with Gasteiger partial charge in [0.05, 0.1) is 22.3 Å². The van der Waals surface area contributed by atoms with Gasteiger partial charge < -0.3 is 4.42 Å². The minimum absolute atomic E-state index is 0.0147. The van der Waals surface area contributed by atoms with Gasteiger partial charge in [0.2, 0.25) is 0 Å². The molecule has 2 heterocycles. The summed E-state index contributed by atoms with van der Waals surface area (Å²) in [4.78, 5) is 22.9. The lowest BCUT2D eigenvalue weighted by Crippen LogP contribution is -2.22. The second-order valence-electron chi connectivity index (χ2n) is 4.60. The van der Waals surface area contributed by atoms with E-state index in [1.54, 1.807) is 18.2 Å². The first kappa shape index (κ1) is 16.1. The maximum atomic E-state index is 12.3. The molecule has 7 nitrogen and oxygen atoms in total. The quantitative estimate of drug-likeness (QED) is 0.273. The molecule has 120 valence electrons. The summed E-state index contributed by atoms with van der Waals surface area (Å²) in [6, 6.07) is 9.26. The summed E-state index contributed by atoms with van der Waals surface area (Å²) in [5, 5.41) is 15.8. The third kappa shape index (κ3) is 3.42. The Morgan fingerprint density at radius 3 is 2.67 bits per heavy atom. The van der Waals surface area contributed by atoms with Crippen molar-refractivity contribution in [3.05, 3.63) is 69.0 Å². The number of thioether (sulfide) groups is 1. The van der Waals surface area contributed by atoms with E-state index in [1.807, 2.05) is 0 Å². The van der Waals surface area contributed by atoms with E-state index < -0.39 is 4.92 Å². The SMILES string of the molecule is O=C1/C(=C\c2ccco2)SC(=S)N1/N=C/c1ccc([N+](=O)[O-])cc1. The average molecular weight is 359 g/mol. The van der Waals surface area contributed by atoms with Crippen molar-refractivity contribution in [2.75, 3.05) is 0 Å². The molecule has 1 aliphatic rings. The molecule has 0 aliphatic carbocycles. The molecule has 1 amide bonds. The predicted octanol–water partition coefficient (Wildman–Crippen LogP) is 3.42. The largest absolute Gasteiger partial charge is 0.465 e. The molecular weight excluding hydrogens is 350 g/mol. The topological polar surface area (TPSA) is 89.0 Å². The number of nitro benzene ring substituents is 1. The van der Waals surface area contributed by atoms with Crippen molar-refractivity contribution in [1.29, 1.82) is 0 Å². The Labute approximate surface area is 145 Å². The fourth-order valence-electron chi connectivity index (χ4n) is 1.87. The zero-order chi connectivity index (χ0) is 17.1. The number of non-ortho nitro benzene ring substituents is 1. The van der Waals surface area contributed by atoms with Gasteiger partial charge in [0, 0.05) is 18.2 Å². The number of rotatable bonds is 4. The molecule has 0 N–H and O–H groups in total. The lowest BCUT2D eigenvalue weighted by atomic mass is 10.2. The van der Waals surface area contributed by atoms with Crippen LogP contribution in [-0.4, -0.2) is 26.4 Å². The molecule has 3 rings (SSSR count). The van der Waals surface area contributed by atoms with E-state index in [4.69, 9.17) is 16.6 Å². The summed E-state index contributed by atoms with van der Waals surface area (Å²) >= 11 is 6.28. The average Bonchev–Trinajstić information content (AvgIpc) is 3.16. The molecule has 0 radical (unpaired) electrons. The third-order valence-electron chi connectivity index (χ3n) is 3.02. The minimum Gasteiger partial charge on any atom is -0.465 e. The first-order chi connectivity index (χ1) is 11.5. The number of benzene rings is 1. The second-order valence-corrected chi connectivity index (χ2v) is 6.28. The minimum atomic E-state index is -0.484. The van der Waals surface area contributed by atoms with Crippen LogP contribution in [0.5, 0.6) is 0 Å². The molecule has 1 saturated heterocycles. The number of furan rings is 1. The van der Waals surface area contributed by atoms with E-state index in [-0.39, 0.29) is 11.6 Å². The van der Waals surface area contributed by atoms with E-state index in [2.05, 4.69) is 5.10 Å². The van der Waals surface area contributed by atoms with Crippen LogP contribution in [0.15, 0.2) is 57.1 Å². The summed E-state index contributed by atoms with van der Waals surface area (Å²) < 4.78 is 5.48. The van der Waals surface area contributed by atoms with Crippen LogP contribution in [0.4, 0.5) is 5.69 Å². The highest BCUT2D eigenvalue weighted by Crippen LogP contribution is 2.32. The Balaban J connectivity index is 1.76. The van der Waals surface area contributed by atoms with Crippen LogP contribution in [-0.2, 0) is 4.79 Å². The monoisotopic (exact) mass is 359 g/mol. The van der Waals surface area contributed by atoms with Crippen molar-refractivity contribution in [1.82, 2.24) is 5.01 Å². The molecule has 0 bridgehead atoms. The Morgan fingerprint density at radius 1 is 1.29 bits per heavy atom. The Kier molecular flexibility index (Phi) is 4.54. The fourth-order valence-corrected chi connectivity index (χ4v) is 3.02. The summed E-state index contributed by atoms with van der Waals surface area (Å²) in [6.07, 6.45) is 4.53. The Hall–Kier alpha value is -2.78. The van der Waals surface area contributed by atoms with Gasteiger partial charge in [-0.1, -0.05) is 11.8 Å². The zero-order valence-corrected chi connectivity index (χ0v) is 13.6. The van der Waals surface area contributed by atoms with E-state index in [1.165, 1.54) is 36.7 Å². The van der Waals surface area contributed by atoms with E-state index in [0.29, 0.717) is 20.5 Å². The summed E-state index contributed by atoms with van der Waals surface area (Å²) in [7, 11) is 0. The number of amides is 1. The van der Waals surface area contributed by atoms with Crippen molar-refractivity contribution in [2.45, 2.75) is 0 Å². The van der Waals surface area contributed by atoms with Gasteiger partial charge in [0.1, 0.15) is 5.76 Å². The van der Waals surface area contributed by atoms with E-state index >= 15 is 0 Å². The Bertz CT molecular complexity index is 857. The molecule has 9 heteroatoms. The number of carbonyl (C=O) groups excluding carboxylic acids is 1. The van der Waals surface area contributed by atoms with Gasteiger partial charge in [-0.2, -0.15) is 10.1 Å². The van der Waals surface area contributed by atoms with Gasteiger partial charge in [-0.25, -0.2) is 0 Å². The number of thiocarbonyl (C=S) groups is 1. The van der Waals surface area contributed by atoms with Gasteiger partial charge in [-0.3, -0.25) is 14.9 Å². The second kappa shape index (κ2) is 6.77. The molecule has 0 saturated carbocycles. The maximum Gasteiger partial charge on any atom is 0.286 e. The van der Waals surface area contributed by atoms with Crippen molar-refractivity contribution in [3.63, 3.8) is 0 Å². The van der Waals surface area contributed by atoms with E-state index in [0.717, 1.165) is 16.8 Å². The molecule has 24 heavy (non-hydrogen) atoms. The molecule has 1 aliphatic heterocycles. The van der Waals surface area contributed by atoms with Crippen LogP contribution < -0.4 is 0 Å². The standard InChI is InChI=1S/C15H9N3O4S2/c19-14-13(8-12-2-1-7-22-12)24-15(23)17(14)16-9-10-3-5-11(6-4-10)18(20)21/h1-9H/b13-8+,16-9+. The van der Waals surface area contributed by atoms with Crippen LogP contribution in [0.3, 0.4) is 0 Å². The van der Waals surface area contributed by atoms with Crippen LogP contribution in [0, 0.1) is 10.1 Å². The first-order valence-corrected chi connectivity index (χ1v) is 7.87. The van der Waals surface area contributed by atoms with Gasteiger partial charge in [-0.15, -0.1) is 0 Å². The van der Waals surface area contributed by atoms with Crippen molar-refractivity contribution < 1.29 is 14.1 Å². The molecule has 1 aromatic carbocycles. The molecule has 1 fully saturated rings. The highest BCUT2D eigenvalue weighted by atomic mass is 32.2. The lowest BCUT2D eigenvalue weighted by Gasteiger charge is -2.05. The number of carbonyl (C=O) groups is 1. The molecule has 0 spiro atoms. The van der Waals surface area contributed by atoms with Crippen molar-refractivity contribution >= 4 is 52.2 Å². The summed E-state index contributed by atoms with van der Waals surface area (Å²) in [6.45, 7) is 0. The van der Waals surface area contributed by atoms with Gasteiger partial charge in [0.25, 0.3) is 11.6 Å². The van der Waals surface area contributed by atoms with Crippen LogP contribution in [0.1, 0.15) is 11.3 Å². The molecular formula is C15H9N3O4S2. The van der Waals surface area contributed by atoms with Crippen LogP contribution >= 0.6 is 24.0 Å². The van der Waals surface area contributed by atoms with Crippen LogP contribution in [0.2, 0.25) is 0 Å². The number of hydrogen-bond acceptors (Lipinski definition) is 7. The number of nitrogens with zero attached hydrogens (tertiary/aromatic N) is 3.